The van der Waals surface area contributed by atoms with E-state index < -0.39 is 0 Å². The number of anilines is 2. The van der Waals surface area contributed by atoms with E-state index in [1.807, 2.05) is 6.07 Å². The van der Waals surface area contributed by atoms with E-state index in [4.69, 9.17) is 4.98 Å². The maximum Gasteiger partial charge on any atom is 0.124 e. The Morgan fingerprint density at radius 3 is 1.91 bits per heavy atom. The van der Waals surface area contributed by atoms with Crippen molar-refractivity contribution in [2.24, 2.45) is 0 Å². The van der Waals surface area contributed by atoms with Gasteiger partial charge in [0.2, 0.25) is 0 Å². The fourth-order valence-corrected chi connectivity index (χ4v) is 4.94. The summed E-state index contributed by atoms with van der Waals surface area (Å²) in [5.41, 5.74) is 6.78. The number of hydrogen-bond acceptors (Lipinski definition) is 3. The predicted molar refractivity (Wildman–Crippen MR) is 138 cm³/mol. The van der Waals surface area contributed by atoms with Gasteiger partial charge in [-0.05, 0) is 76.5 Å². The summed E-state index contributed by atoms with van der Waals surface area (Å²) in [4.78, 5) is 4.75. The smallest absolute Gasteiger partial charge is 0.124 e. The second-order valence-electron chi connectivity index (χ2n) is 7.83. The summed E-state index contributed by atoms with van der Waals surface area (Å²) in [5, 5.41) is 7.09. The summed E-state index contributed by atoms with van der Waals surface area (Å²) >= 11 is 1.73. The maximum atomic E-state index is 4.75. The molecule has 0 atom stereocenters. The number of hydrogen-bond donors (Lipinski definition) is 1. The van der Waals surface area contributed by atoms with Crippen LogP contribution in [0.2, 0.25) is 0 Å². The molecule has 5 aromatic carbocycles. The lowest BCUT2D eigenvalue weighted by Crippen LogP contribution is -1.90. The van der Waals surface area contributed by atoms with Crippen molar-refractivity contribution in [3.8, 4) is 21.7 Å². The van der Waals surface area contributed by atoms with Crippen molar-refractivity contribution in [3.63, 3.8) is 0 Å². The topological polar surface area (TPSA) is 24.9 Å². The van der Waals surface area contributed by atoms with Crippen molar-refractivity contribution in [3.05, 3.63) is 115 Å². The summed E-state index contributed by atoms with van der Waals surface area (Å²) < 4.78 is 1.22. The molecule has 6 aromatic rings. The van der Waals surface area contributed by atoms with E-state index in [0.717, 1.165) is 27.5 Å². The molecule has 32 heavy (non-hydrogen) atoms. The van der Waals surface area contributed by atoms with Crippen molar-refractivity contribution >= 4 is 43.7 Å². The zero-order valence-corrected chi connectivity index (χ0v) is 18.1. The minimum Gasteiger partial charge on any atom is -0.356 e. The zero-order valence-electron chi connectivity index (χ0n) is 17.3. The van der Waals surface area contributed by atoms with Gasteiger partial charge in [0.1, 0.15) is 5.01 Å². The first-order chi connectivity index (χ1) is 15.8. The van der Waals surface area contributed by atoms with Crippen molar-refractivity contribution in [2.75, 3.05) is 5.32 Å². The number of thiazole rings is 1. The molecule has 6 rings (SSSR count). The van der Waals surface area contributed by atoms with Gasteiger partial charge in [0.25, 0.3) is 0 Å². The van der Waals surface area contributed by atoms with E-state index in [1.165, 1.54) is 26.6 Å². The number of rotatable bonds is 4. The highest BCUT2D eigenvalue weighted by atomic mass is 32.1. The Morgan fingerprint density at radius 2 is 1.16 bits per heavy atom. The first-order valence-electron chi connectivity index (χ1n) is 10.6. The fraction of sp³-hybridized carbons (Fsp3) is 0. The molecule has 0 aliphatic rings. The molecule has 1 aromatic heterocycles. The molecule has 0 saturated carbocycles. The van der Waals surface area contributed by atoms with Gasteiger partial charge in [-0.25, -0.2) is 4.98 Å². The van der Waals surface area contributed by atoms with Crippen LogP contribution in [-0.2, 0) is 0 Å². The van der Waals surface area contributed by atoms with Gasteiger partial charge in [-0.2, -0.15) is 0 Å². The highest BCUT2D eigenvalue weighted by Crippen LogP contribution is 2.31. The van der Waals surface area contributed by atoms with Crippen LogP contribution < -0.4 is 5.32 Å². The molecule has 1 heterocycles. The van der Waals surface area contributed by atoms with Crippen LogP contribution in [0.1, 0.15) is 0 Å². The van der Waals surface area contributed by atoms with Gasteiger partial charge in [-0.3, -0.25) is 0 Å². The average molecular weight is 429 g/mol. The second-order valence-corrected chi connectivity index (χ2v) is 8.86. The van der Waals surface area contributed by atoms with Crippen LogP contribution in [0.5, 0.6) is 0 Å². The van der Waals surface area contributed by atoms with Gasteiger partial charge >= 0.3 is 0 Å². The van der Waals surface area contributed by atoms with Gasteiger partial charge in [0.15, 0.2) is 0 Å². The van der Waals surface area contributed by atoms with Crippen molar-refractivity contribution in [2.45, 2.75) is 0 Å². The summed E-state index contributed by atoms with van der Waals surface area (Å²) in [6.07, 6.45) is 0. The standard InChI is InChI=1S/C29H20N2S/c1-2-6-23-19-24(10-9-20(23)5-1)21-11-15-25(16-12-21)30-26-17-13-22(14-18-26)29-31-27-7-3-4-8-28(27)32-29/h1-19,30H. The number of para-hydroxylation sites is 1. The van der Waals surface area contributed by atoms with Crippen LogP contribution in [0.4, 0.5) is 11.4 Å². The molecule has 152 valence electrons. The van der Waals surface area contributed by atoms with Crippen molar-refractivity contribution in [1.29, 1.82) is 0 Å². The minimum absolute atomic E-state index is 1.05. The molecular formula is C29H20N2S. The molecule has 0 aliphatic heterocycles. The zero-order chi connectivity index (χ0) is 21.3. The van der Waals surface area contributed by atoms with Gasteiger partial charge in [-0.15, -0.1) is 11.3 Å². The van der Waals surface area contributed by atoms with Gasteiger partial charge < -0.3 is 5.32 Å². The molecule has 0 saturated heterocycles. The van der Waals surface area contributed by atoms with Crippen LogP contribution in [0.25, 0.3) is 42.7 Å². The van der Waals surface area contributed by atoms with E-state index in [9.17, 15) is 0 Å². The van der Waals surface area contributed by atoms with Gasteiger partial charge in [-0.1, -0.05) is 60.7 Å². The third-order valence-electron chi connectivity index (χ3n) is 5.68. The van der Waals surface area contributed by atoms with E-state index in [1.54, 1.807) is 11.3 Å². The number of nitrogens with zero attached hydrogens (tertiary/aromatic N) is 1. The highest BCUT2D eigenvalue weighted by molar-refractivity contribution is 7.21. The molecule has 0 radical (unpaired) electrons. The maximum absolute atomic E-state index is 4.75. The molecule has 2 nitrogen and oxygen atoms in total. The Balaban J connectivity index is 1.20. The normalized spacial score (nSPS) is 11.1. The number of fused-ring (bicyclic) bond motifs is 2. The largest absolute Gasteiger partial charge is 0.356 e. The summed E-state index contributed by atoms with van der Waals surface area (Å²) in [7, 11) is 0. The van der Waals surface area contributed by atoms with Crippen LogP contribution in [-0.4, -0.2) is 4.98 Å². The molecule has 0 bridgehead atoms. The number of nitrogens with one attached hydrogen (secondary N) is 1. The SMILES string of the molecule is c1ccc2cc(-c3ccc(Nc4ccc(-c5nc6ccccc6s5)cc4)cc3)ccc2c1. The van der Waals surface area contributed by atoms with Crippen LogP contribution in [0.3, 0.4) is 0 Å². The number of benzene rings is 5. The molecule has 1 N–H and O–H groups in total. The molecular weight excluding hydrogens is 408 g/mol. The predicted octanol–water partition coefficient (Wildman–Crippen LogP) is 8.53. The Bertz CT molecular complexity index is 1500. The first-order valence-corrected chi connectivity index (χ1v) is 11.5. The highest BCUT2D eigenvalue weighted by Gasteiger charge is 2.06. The van der Waals surface area contributed by atoms with E-state index in [-0.39, 0.29) is 0 Å². The number of aromatic nitrogens is 1. The van der Waals surface area contributed by atoms with Crippen molar-refractivity contribution in [1.82, 2.24) is 4.98 Å². The summed E-state index contributed by atoms with van der Waals surface area (Å²) in [6, 6.07) is 40.4. The van der Waals surface area contributed by atoms with E-state index in [0.29, 0.717) is 0 Å². The third-order valence-corrected chi connectivity index (χ3v) is 6.77. The van der Waals surface area contributed by atoms with Crippen LogP contribution in [0, 0.1) is 0 Å². The third kappa shape index (κ3) is 3.64. The molecule has 0 unspecified atom stereocenters. The Labute approximate surface area is 190 Å². The van der Waals surface area contributed by atoms with E-state index in [2.05, 4.69) is 115 Å². The van der Waals surface area contributed by atoms with Gasteiger partial charge in [0.05, 0.1) is 10.2 Å². The molecule has 0 fully saturated rings. The Kier molecular flexibility index (Phi) is 4.67. The Hall–Kier alpha value is -3.95. The molecule has 0 amide bonds. The minimum atomic E-state index is 1.05. The molecule has 3 heteroatoms. The lowest BCUT2D eigenvalue weighted by atomic mass is 10.0. The van der Waals surface area contributed by atoms with Crippen LogP contribution in [0.15, 0.2) is 115 Å². The molecule has 0 aliphatic carbocycles. The van der Waals surface area contributed by atoms with Crippen LogP contribution >= 0.6 is 11.3 Å². The first kappa shape index (κ1) is 18.8. The summed E-state index contributed by atoms with van der Waals surface area (Å²) in [6.45, 7) is 0. The lowest BCUT2D eigenvalue weighted by molar-refractivity contribution is 1.47. The quantitative estimate of drug-likeness (QED) is 0.304. The Morgan fingerprint density at radius 1 is 0.531 bits per heavy atom. The monoisotopic (exact) mass is 428 g/mol. The summed E-state index contributed by atoms with van der Waals surface area (Å²) in [5.74, 6) is 0. The molecule has 0 spiro atoms. The van der Waals surface area contributed by atoms with Gasteiger partial charge in [0, 0.05) is 16.9 Å². The lowest BCUT2D eigenvalue weighted by Gasteiger charge is -2.09. The fourth-order valence-electron chi connectivity index (χ4n) is 3.97. The second kappa shape index (κ2) is 7.95. The average Bonchev–Trinajstić information content (AvgIpc) is 3.29. The van der Waals surface area contributed by atoms with E-state index >= 15 is 0 Å². The van der Waals surface area contributed by atoms with Crippen molar-refractivity contribution < 1.29 is 0 Å².